The van der Waals surface area contributed by atoms with Crippen molar-refractivity contribution in [1.29, 1.82) is 0 Å². The summed E-state index contributed by atoms with van der Waals surface area (Å²) in [6.45, 7) is -0.859. The SMILES string of the molecule is COn1cc(O)c(=O)cc1CO/N=C(\C(=O)N[C@@H]1C(=O)N2C(C(=O)O)=C(CSc3nnnn3CC(=O)O)CS[C@H]12)c1csc(N)n1. The van der Waals surface area contributed by atoms with Gasteiger partial charge in [-0.25, -0.2) is 14.5 Å². The van der Waals surface area contributed by atoms with Crippen LogP contribution in [0.15, 0.2) is 44.0 Å². The van der Waals surface area contributed by atoms with Crippen LogP contribution >= 0.6 is 34.9 Å². The number of hydrogen-bond acceptors (Lipinski definition) is 17. The highest BCUT2D eigenvalue weighted by Crippen LogP contribution is 2.41. The normalized spacial score (nSPS) is 17.7. The van der Waals surface area contributed by atoms with Gasteiger partial charge in [-0.3, -0.25) is 24.1 Å². The lowest BCUT2D eigenvalue weighted by Gasteiger charge is -2.49. The smallest absolute Gasteiger partial charge is 0.352 e. The van der Waals surface area contributed by atoms with Crippen molar-refractivity contribution in [2.45, 2.75) is 29.7 Å². The quantitative estimate of drug-likeness (QED) is 0.0569. The lowest BCUT2D eigenvalue weighted by Crippen LogP contribution is -2.71. The van der Waals surface area contributed by atoms with E-state index in [2.05, 4.69) is 31.0 Å². The average molecular weight is 695 g/mol. The van der Waals surface area contributed by atoms with E-state index in [-0.39, 0.29) is 51.2 Å². The topological polar surface area (TPSA) is 280 Å². The van der Waals surface area contributed by atoms with Crippen LogP contribution in [-0.2, 0) is 37.2 Å². The van der Waals surface area contributed by atoms with E-state index in [1.807, 2.05) is 0 Å². The summed E-state index contributed by atoms with van der Waals surface area (Å²) in [6, 6.07) is -0.0735. The van der Waals surface area contributed by atoms with Crippen LogP contribution in [0.5, 0.6) is 5.75 Å². The number of carboxylic acids is 2. The molecular weight excluding hydrogens is 673 g/mol. The van der Waals surface area contributed by atoms with E-state index in [0.29, 0.717) is 5.57 Å². The first-order valence-corrected chi connectivity index (χ1v) is 15.6. The fourth-order valence-electron chi connectivity index (χ4n) is 4.27. The van der Waals surface area contributed by atoms with Crippen molar-refractivity contribution < 1.29 is 44.2 Å². The zero-order valence-corrected chi connectivity index (χ0v) is 25.7. The fraction of sp³-hybridized carbons (Fsp3) is 0.304. The minimum Gasteiger partial charge on any atom is -0.503 e. The van der Waals surface area contributed by atoms with Crippen LogP contribution < -0.4 is 21.3 Å². The Bertz CT molecular complexity index is 1840. The highest BCUT2D eigenvalue weighted by atomic mass is 32.2. The molecule has 2 aliphatic heterocycles. The third-order valence-corrected chi connectivity index (χ3v) is 9.37. The average Bonchev–Trinajstić information content (AvgIpc) is 3.65. The largest absolute Gasteiger partial charge is 0.503 e. The van der Waals surface area contributed by atoms with E-state index in [9.17, 15) is 34.2 Å². The number of oxime groups is 1. The minimum atomic E-state index is -1.36. The number of aromatic nitrogens is 6. The highest BCUT2D eigenvalue weighted by Gasteiger charge is 2.54. The summed E-state index contributed by atoms with van der Waals surface area (Å²) in [5.74, 6) is -4.41. The van der Waals surface area contributed by atoms with Gasteiger partial charge in [-0.1, -0.05) is 16.9 Å². The molecule has 0 aliphatic carbocycles. The van der Waals surface area contributed by atoms with E-state index in [0.717, 1.165) is 49.7 Å². The van der Waals surface area contributed by atoms with E-state index < -0.39 is 52.9 Å². The molecule has 0 unspecified atom stereocenters. The number of thiazole rings is 1. The molecule has 0 saturated carbocycles. The van der Waals surface area contributed by atoms with Gasteiger partial charge in [0.2, 0.25) is 10.6 Å². The van der Waals surface area contributed by atoms with Crippen molar-refractivity contribution >= 4 is 69.5 Å². The Morgan fingerprint density at radius 1 is 1.28 bits per heavy atom. The van der Waals surface area contributed by atoms with Gasteiger partial charge in [0.05, 0.1) is 6.20 Å². The lowest BCUT2D eigenvalue weighted by molar-refractivity contribution is -0.150. The number of carboxylic acid groups (broad SMARTS) is 2. The molecule has 0 radical (unpaired) electrons. The standard InChI is InChI=1S/C23H22N10O10S3/c1-42-32-3-13(35)12(34)2-10(32)5-43-28-15(11-8-45-22(24)25-11)18(38)26-16-19(39)33-17(21(40)41)9(6-44-20(16)33)7-46-23-27-29-30-31(23)4-14(36)37/h2-3,8,16,20,35H,4-7H2,1H3,(H2,24,25)(H,26,38)(H,36,37)(H,40,41)/b28-15-/t16-,20-/m1/s1. The van der Waals surface area contributed by atoms with E-state index >= 15 is 0 Å². The number of aromatic hydroxyl groups is 1. The van der Waals surface area contributed by atoms with Crippen LogP contribution in [0.4, 0.5) is 5.13 Å². The van der Waals surface area contributed by atoms with Gasteiger partial charge in [-0.05, 0) is 16.0 Å². The van der Waals surface area contributed by atoms with Crippen molar-refractivity contribution in [3.05, 3.63) is 50.5 Å². The molecule has 20 nitrogen and oxygen atoms in total. The van der Waals surface area contributed by atoms with Crippen molar-refractivity contribution in [3.8, 4) is 5.75 Å². The summed E-state index contributed by atoms with van der Waals surface area (Å²) in [6.07, 6.45) is 1.03. The molecule has 3 aromatic rings. The van der Waals surface area contributed by atoms with Gasteiger partial charge in [0.15, 0.2) is 23.2 Å². The van der Waals surface area contributed by atoms with Crippen molar-refractivity contribution in [3.63, 3.8) is 0 Å². The number of carbonyl (C=O) groups excluding carboxylic acids is 2. The molecule has 5 rings (SSSR count). The molecule has 2 atom stereocenters. The minimum absolute atomic E-state index is 0.0328. The number of nitrogens with two attached hydrogens (primary N) is 1. The van der Waals surface area contributed by atoms with Crippen molar-refractivity contribution in [2.75, 3.05) is 24.3 Å². The first-order chi connectivity index (χ1) is 22.0. The molecule has 242 valence electrons. The maximum Gasteiger partial charge on any atom is 0.352 e. The fourth-order valence-corrected chi connectivity index (χ4v) is 7.18. The first-order valence-electron chi connectivity index (χ1n) is 12.7. The zero-order chi connectivity index (χ0) is 33.1. The van der Waals surface area contributed by atoms with Crippen LogP contribution in [0, 0.1) is 0 Å². The van der Waals surface area contributed by atoms with E-state index in [1.165, 1.54) is 24.3 Å². The van der Waals surface area contributed by atoms with Gasteiger partial charge in [-0.2, -0.15) is 4.73 Å². The number of amides is 2. The van der Waals surface area contributed by atoms with Gasteiger partial charge >= 0.3 is 11.9 Å². The maximum atomic E-state index is 13.4. The third kappa shape index (κ3) is 6.59. The second-order valence-corrected chi connectivity index (χ2v) is 12.2. The van der Waals surface area contributed by atoms with Crippen LogP contribution in [0.1, 0.15) is 11.4 Å². The summed E-state index contributed by atoms with van der Waals surface area (Å²) >= 11 is 3.25. The van der Waals surface area contributed by atoms with Crippen LogP contribution in [0.3, 0.4) is 0 Å². The van der Waals surface area contributed by atoms with Gasteiger partial charge in [0.25, 0.3) is 11.8 Å². The molecular formula is C23H22N10O10S3. The van der Waals surface area contributed by atoms with Crippen molar-refractivity contribution in [1.82, 2.24) is 40.1 Å². The Labute approximate surface area is 268 Å². The van der Waals surface area contributed by atoms with Crippen LogP contribution in [0.2, 0.25) is 0 Å². The predicted molar refractivity (Wildman–Crippen MR) is 159 cm³/mol. The van der Waals surface area contributed by atoms with Gasteiger partial charge < -0.3 is 36.0 Å². The summed E-state index contributed by atoms with van der Waals surface area (Å²) in [4.78, 5) is 77.2. The number of aliphatic carboxylic acids is 2. The molecule has 0 aromatic carbocycles. The number of pyridine rings is 1. The molecule has 0 bridgehead atoms. The second-order valence-electron chi connectivity index (χ2n) is 9.23. The van der Waals surface area contributed by atoms with Gasteiger partial charge in [-0.15, -0.1) is 28.2 Å². The lowest BCUT2D eigenvalue weighted by atomic mass is 10.0. The number of thioether (sulfide) groups is 2. The number of hydrogen-bond donors (Lipinski definition) is 5. The van der Waals surface area contributed by atoms with Crippen LogP contribution in [-0.4, -0.2) is 110 Å². The summed E-state index contributed by atoms with van der Waals surface area (Å²) in [5.41, 5.74) is 4.98. The Morgan fingerprint density at radius 3 is 2.74 bits per heavy atom. The number of nitrogen functional groups attached to an aromatic ring is 1. The Kier molecular flexibility index (Phi) is 9.43. The Balaban J connectivity index is 1.31. The molecule has 2 amide bonds. The van der Waals surface area contributed by atoms with E-state index in [4.69, 9.17) is 20.5 Å². The summed E-state index contributed by atoms with van der Waals surface area (Å²) < 4.78 is 2.11. The molecule has 1 saturated heterocycles. The maximum absolute atomic E-state index is 13.4. The van der Waals surface area contributed by atoms with Gasteiger partial charge in [0, 0.05) is 23.0 Å². The molecule has 5 heterocycles. The summed E-state index contributed by atoms with van der Waals surface area (Å²) in [5, 5.41) is 46.8. The number of anilines is 1. The monoisotopic (exact) mass is 694 g/mol. The number of β-lactam (4-membered cyclic amide) rings is 1. The predicted octanol–water partition coefficient (Wildman–Crippen LogP) is -1.83. The molecule has 6 N–H and O–H groups in total. The summed E-state index contributed by atoms with van der Waals surface area (Å²) in [7, 11) is 1.29. The molecule has 1 fully saturated rings. The zero-order valence-electron chi connectivity index (χ0n) is 23.3. The van der Waals surface area contributed by atoms with E-state index in [1.54, 1.807) is 0 Å². The number of nitrogens with one attached hydrogen (secondary N) is 1. The number of carbonyl (C=O) groups is 4. The number of fused-ring (bicyclic) bond motifs is 1. The highest BCUT2D eigenvalue weighted by molar-refractivity contribution is 8.01. The molecule has 0 spiro atoms. The molecule has 2 aliphatic rings. The second kappa shape index (κ2) is 13.5. The first kappa shape index (κ1) is 32.2. The third-order valence-electron chi connectivity index (χ3n) is 6.31. The molecule has 46 heavy (non-hydrogen) atoms. The number of rotatable bonds is 13. The Hall–Kier alpha value is -5.16. The molecule has 23 heteroatoms. The Morgan fingerprint density at radius 2 is 2.07 bits per heavy atom. The molecule has 3 aromatic heterocycles. The van der Waals surface area contributed by atoms with Crippen LogP contribution in [0.25, 0.3) is 0 Å². The number of tetrazole rings is 1. The number of nitrogens with zero attached hydrogens (tertiary/aromatic N) is 8. The van der Waals surface area contributed by atoms with Gasteiger partial charge in [0.1, 0.15) is 42.2 Å². The van der Waals surface area contributed by atoms with Crippen molar-refractivity contribution in [2.24, 2.45) is 5.16 Å².